The highest BCUT2D eigenvalue weighted by Gasteiger charge is 2.35. The molecule has 0 bridgehead atoms. The number of hydrogen-bond acceptors (Lipinski definition) is 5. The molecule has 0 radical (unpaired) electrons. The lowest BCUT2D eigenvalue weighted by molar-refractivity contribution is -0.158. The normalized spacial score (nSPS) is 26.5. The molecule has 3 rings (SSSR count). The van der Waals surface area contributed by atoms with E-state index in [1.54, 1.807) is 7.11 Å². The molecule has 2 heterocycles. The van der Waals surface area contributed by atoms with E-state index in [0.29, 0.717) is 13.0 Å². The first kappa shape index (κ1) is 20.1. The van der Waals surface area contributed by atoms with Crippen LogP contribution in [0, 0.1) is 0 Å². The first-order chi connectivity index (χ1) is 13.2. The van der Waals surface area contributed by atoms with Crippen LogP contribution in [0.2, 0.25) is 0 Å². The van der Waals surface area contributed by atoms with Gasteiger partial charge in [0, 0.05) is 13.1 Å². The van der Waals surface area contributed by atoms with E-state index in [1.807, 2.05) is 24.3 Å². The molecule has 3 atom stereocenters. The summed E-state index contributed by atoms with van der Waals surface area (Å²) in [6.07, 6.45) is 4.79. The maximum absolute atomic E-state index is 12.5. The van der Waals surface area contributed by atoms with Gasteiger partial charge in [0.1, 0.15) is 5.75 Å². The number of aliphatic hydroxyl groups is 1. The molecule has 2 saturated heterocycles. The predicted molar refractivity (Wildman–Crippen MR) is 104 cm³/mol. The molecule has 150 valence electrons. The van der Waals surface area contributed by atoms with Crippen LogP contribution in [0.1, 0.15) is 44.1 Å². The van der Waals surface area contributed by atoms with Gasteiger partial charge in [-0.2, -0.15) is 0 Å². The average Bonchev–Trinajstić information content (AvgIpc) is 2.72. The number of carbonyl (C=O) groups is 1. The number of likely N-dealkylation sites (tertiary alicyclic amines) is 1. The maximum atomic E-state index is 12.5. The summed E-state index contributed by atoms with van der Waals surface area (Å²) in [5, 5.41) is 13.1. The molecule has 0 unspecified atom stereocenters. The van der Waals surface area contributed by atoms with E-state index in [4.69, 9.17) is 9.47 Å². The Morgan fingerprint density at radius 2 is 1.96 bits per heavy atom. The van der Waals surface area contributed by atoms with Crippen molar-refractivity contribution in [3.05, 3.63) is 29.8 Å². The van der Waals surface area contributed by atoms with Gasteiger partial charge in [-0.05, 0) is 62.9 Å². The largest absolute Gasteiger partial charge is 0.497 e. The first-order valence-corrected chi connectivity index (χ1v) is 10.1. The minimum atomic E-state index is -0.775. The number of aliphatic hydroxyl groups excluding tert-OH is 1. The van der Waals surface area contributed by atoms with Gasteiger partial charge in [-0.3, -0.25) is 4.79 Å². The minimum Gasteiger partial charge on any atom is -0.497 e. The Labute approximate surface area is 161 Å². The number of methoxy groups -OCH3 is 1. The van der Waals surface area contributed by atoms with Crippen molar-refractivity contribution >= 4 is 5.91 Å². The molecule has 0 aliphatic carbocycles. The topological polar surface area (TPSA) is 71.0 Å². The van der Waals surface area contributed by atoms with Crippen molar-refractivity contribution in [1.82, 2.24) is 10.2 Å². The Kier molecular flexibility index (Phi) is 7.50. The van der Waals surface area contributed by atoms with E-state index in [0.717, 1.165) is 30.7 Å². The van der Waals surface area contributed by atoms with E-state index in [1.165, 1.54) is 32.4 Å². The van der Waals surface area contributed by atoms with Gasteiger partial charge in [0.05, 0.1) is 19.3 Å². The third-order valence-electron chi connectivity index (χ3n) is 5.57. The number of rotatable bonds is 7. The number of nitrogens with one attached hydrogen (secondary N) is 1. The predicted octanol–water partition coefficient (Wildman–Crippen LogP) is 2.10. The van der Waals surface area contributed by atoms with Gasteiger partial charge in [-0.1, -0.05) is 18.6 Å². The van der Waals surface area contributed by atoms with E-state index in [9.17, 15) is 9.90 Å². The van der Waals surface area contributed by atoms with Crippen LogP contribution in [-0.4, -0.2) is 61.0 Å². The van der Waals surface area contributed by atoms with Crippen LogP contribution in [0.5, 0.6) is 5.75 Å². The van der Waals surface area contributed by atoms with Crippen molar-refractivity contribution in [3.63, 3.8) is 0 Å². The maximum Gasteiger partial charge on any atom is 0.252 e. The monoisotopic (exact) mass is 376 g/mol. The number of benzene rings is 1. The third kappa shape index (κ3) is 5.92. The summed E-state index contributed by atoms with van der Waals surface area (Å²) in [7, 11) is 1.63. The van der Waals surface area contributed by atoms with Crippen LogP contribution in [0.3, 0.4) is 0 Å². The molecule has 2 fully saturated rings. The highest BCUT2D eigenvalue weighted by atomic mass is 16.5. The molecule has 1 aromatic carbocycles. The number of ether oxygens (including phenoxy) is 2. The fraction of sp³-hybridized carbons (Fsp3) is 0.667. The third-order valence-corrected chi connectivity index (χ3v) is 5.57. The van der Waals surface area contributed by atoms with Crippen molar-refractivity contribution in [3.8, 4) is 5.75 Å². The first-order valence-electron chi connectivity index (χ1n) is 10.1. The number of nitrogens with zero attached hydrogens (tertiary/aromatic N) is 1. The van der Waals surface area contributed by atoms with Gasteiger partial charge in [-0.25, -0.2) is 0 Å². The minimum absolute atomic E-state index is 0.0482. The molecule has 2 aliphatic heterocycles. The summed E-state index contributed by atoms with van der Waals surface area (Å²) in [5.41, 5.74) is 0.982. The Hall–Kier alpha value is -1.63. The quantitative estimate of drug-likeness (QED) is 0.763. The lowest BCUT2D eigenvalue weighted by Crippen LogP contribution is -2.49. The van der Waals surface area contributed by atoms with Crippen LogP contribution in [0.25, 0.3) is 0 Å². The van der Waals surface area contributed by atoms with Gasteiger partial charge >= 0.3 is 0 Å². The Bertz CT molecular complexity index is 586. The van der Waals surface area contributed by atoms with Crippen LogP contribution in [0.15, 0.2) is 24.3 Å². The number of amides is 1. The summed E-state index contributed by atoms with van der Waals surface area (Å²) in [4.78, 5) is 15.0. The zero-order chi connectivity index (χ0) is 19.1. The molecule has 27 heavy (non-hydrogen) atoms. The summed E-state index contributed by atoms with van der Waals surface area (Å²) in [6, 6.07) is 7.56. The second-order valence-electron chi connectivity index (χ2n) is 7.58. The Morgan fingerprint density at radius 3 is 2.67 bits per heavy atom. The fourth-order valence-electron chi connectivity index (χ4n) is 3.87. The Balaban J connectivity index is 1.45. The highest BCUT2D eigenvalue weighted by Crippen LogP contribution is 2.23. The van der Waals surface area contributed by atoms with E-state index >= 15 is 0 Å². The molecule has 0 saturated carbocycles. The van der Waals surface area contributed by atoms with Gasteiger partial charge in [0.2, 0.25) is 0 Å². The summed E-state index contributed by atoms with van der Waals surface area (Å²) >= 11 is 0. The van der Waals surface area contributed by atoms with Crippen molar-refractivity contribution in [1.29, 1.82) is 0 Å². The summed E-state index contributed by atoms with van der Waals surface area (Å²) < 4.78 is 11.1. The fourth-order valence-corrected chi connectivity index (χ4v) is 3.87. The zero-order valence-corrected chi connectivity index (χ0v) is 16.2. The molecular formula is C21H32N2O4. The average molecular weight is 376 g/mol. The highest BCUT2D eigenvalue weighted by molar-refractivity contribution is 5.81. The molecule has 1 amide bonds. The smallest absolute Gasteiger partial charge is 0.252 e. The summed E-state index contributed by atoms with van der Waals surface area (Å²) in [6.45, 7) is 3.76. The van der Waals surface area contributed by atoms with E-state index < -0.39 is 12.2 Å². The number of carbonyl (C=O) groups excluding carboxylic acids is 1. The molecule has 0 spiro atoms. The van der Waals surface area contributed by atoms with Gasteiger partial charge in [0.15, 0.2) is 6.10 Å². The van der Waals surface area contributed by atoms with Crippen molar-refractivity contribution < 1.29 is 19.4 Å². The van der Waals surface area contributed by atoms with Gasteiger partial charge in [0.25, 0.3) is 5.91 Å². The lowest BCUT2D eigenvalue weighted by Gasteiger charge is -2.34. The standard InChI is InChI=1S/C21H32N2O4/c1-26-17-7-5-16(6-8-17)15-22-21(25)20-19(24)10-9-18(27-20)11-14-23-12-3-2-4-13-23/h5-8,18-20,24H,2-4,9-15H2,1H3,(H,22,25)/t18-,19-,20-/m0/s1. The van der Waals surface area contributed by atoms with E-state index in [2.05, 4.69) is 10.2 Å². The molecule has 6 heteroatoms. The SMILES string of the molecule is COc1ccc(CNC(=O)[C@H]2O[C@H](CCN3CCCCC3)CC[C@@H]2O)cc1. The molecule has 2 N–H and O–H groups in total. The van der Waals surface area contributed by atoms with Crippen LogP contribution < -0.4 is 10.1 Å². The summed E-state index contributed by atoms with van der Waals surface area (Å²) in [5.74, 6) is 0.550. The molecule has 6 nitrogen and oxygen atoms in total. The van der Waals surface area contributed by atoms with E-state index in [-0.39, 0.29) is 12.0 Å². The van der Waals surface area contributed by atoms with Crippen molar-refractivity contribution in [2.45, 2.75) is 63.4 Å². The zero-order valence-electron chi connectivity index (χ0n) is 16.2. The van der Waals surface area contributed by atoms with Crippen LogP contribution >= 0.6 is 0 Å². The van der Waals surface area contributed by atoms with Crippen LogP contribution in [0.4, 0.5) is 0 Å². The number of hydrogen-bond donors (Lipinski definition) is 2. The molecule has 0 aromatic heterocycles. The molecule has 1 aromatic rings. The second-order valence-corrected chi connectivity index (χ2v) is 7.58. The van der Waals surface area contributed by atoms with Crippen molar-refractivity contribution in [2.75, 3.05) is 26.7 Å². The van der Waals surface area contributed by atoms with Gasteiger partial charge in [-0.15, -0.1) is 0 Å². The Morgan fingerprint density at radius 1 is 1.22 bits per heavy atom. The number of piperidine rings is 1. The van der Waals surface area contributed by atoms with Gasteiger partial charge < -0.3 is 24.8 Å². The van der Waals surface area contributed by atoms with Crippen LogP contribution in [-0.2, 0) is 16.1 Å². The van der Waals surface area contributed by atoms with Crippen molar-refractivity contribution in [2.24, 2.45) is 0 Å². The second kappa shape index (κ2) is 10.1. The lowest BCUT2D eigenvalue weighted by atomic mass is 9.98. The molecule has 2 aliphatic rings. The molecular weight excluding hydrogens is 344 g/mol.